The third kappa shape index (κ3) is 1.77. The van der Waals surface area contributed by atoms with Gasteiger partial charge in [0.05, 0.1) is 12.1 Å². The summed E-state index contributed by atoms with van der Waals surface area (Å²) in [7, 11) is 0. The summed E-state index contributed by atoms with van der Waals surface area (Å²) in [6.07, 6.45) is 0. The minimum atomic E-state index is -0.457. The lowest BCUT2D eigenvalue weighted by Crippen LogP contribution is -2.56. The molecule has 15 heavy (non-hydrogen) atoms. The number of nitrogens with zero attached hydrogens (tertiary/aromatic N) is 2. The van der Waals surface area contributed by atoms with Gasteiger partial charge in [0.15, 0.2) is 0 Å². The van der Waals surface area contributed by atoms with Gasteiger partial charge >= 0.3 is 6.03 Å². The van der Waals surface area contributed by atoms with E-state index in [-0.39, 0.29) is 18.0 Å². The average Bonchev–Trinajstić information content (AvgIpc) is 2.59. The summed E-state index contributed by atoms with van der Waals surface area (Å²) >= 11 is 0. The zero-order chi connectivity index (χ0) is 11.0. The van der Waals surface area contributed by atoms with E-state index in [1.54, 1.807) is 16.7 Å². The van der Waals surface area contributed by atoms with Crippen LogP contribution in [-0.2, 0) is 4.79 Å². The van der Waals surface area contributed by atoms with Crippen molar-refractivity contribution >= 4 is 11.9 Å². The van der Waals surface area contributed by atoms with Crippen LogP contribution in [0.2, 0.25) is 0 Å². The van der Waals surface area contributed by atoms with Crippen molar-refractivity contribution in [1.82, 2.24) is 15.1 Å². The molecule has 2 aliphatic rings. The van der Waals surface area contributed by atoms with Crippen LogP contribution in [0, 0.1) is 0 Å². The summed E-state index contributed by atoms with van der Waals surface area (Å²) in [4.78, 5) is 26.5. The summed E-state index contributed by atoms with van der Waals surface area (Å²) < 4.78 is 0. The number of amides is 3. The zero-order valence-electron chi connectivity index (χ0n) is 8.77. The first-order valence-electron chi connectivity index (χ1n) is 5.18. The molecule has 0 aliphatic carbocycles. The van der Waals surface area contributed by atoms with Crippen LogP contribution in [0.25, 0.3) is 0 Å². The van der Waals surface area contributed by atoms with Crippen molar-refractivity contribution in [1.29, 1.82) is 0 Å². The molecule has 0 saturated carbocycles. The number of rotatable bonds is 1. The number of carbonyl (C=O) groups is 2. The van der Waals surface area contributed by atoms with Gasteiger partial charge in [-0.1, -0.05) is 0 Å². The van der Waals surface area contributed by atoms with Gasteiger partial charge in [0.1, 0.15) is 0 Å². The highest BCUT2D eigenvalue weighted by Crippen LogP contribution is 2.14. The quantitative estimate of drug-likeness (QED) is 0.559. The first kappa shape index (κ1) is 10.2. The minimum Gasteiger partial charge on any atom is -0.337 e. The monoisotopic (exact) mass is 212 g/mol. The molecule has 84 valence electrons. The number of nitrogens with one attached hydrogen (secondary N) is 1. The lowest BCUT2D eigenvalue weighted by molar-refractivity contribution is -0.134. The molecule has 3 N–H and O–H groups in total. The van der Waals surface area contributed by atoms with Crippen molar-refractivity contribution in [3.8, 4) is 0 Å². The molecule has 0 radical (unpaired) electrons. The maximum atomic E-state index is 11.6. The van der Waals surface area contributed by atoms with Crippen molar-refractivity contribution < 1.29 is 9.59 Å². The predicted octanol–water partition coefficient (Wildman–Crippen LogP) is -1.43. The molecule has 0 spiro atoms. The second-order valence-electron chi connectivity index (χ2n) is 4.11. The van der Waals surface area contributed by atoms with Gasteiger partial charge < -0.3 is 20.9 Å². The molecule has 2 rings (SSSR count). The first-order chi connectivity index (χ1) is 7.09. The molecule has 0 aromatic rings. The number of urea groups is 1. The molecular weight excluding hydrogens is 196 g/mol. The van der Waals surface area contributed by atoms with E-state index in [0.717, 1.165) is 0 Å². The van der Waals surface area contributed by atoms with Gasteiger partial charge in [0.2, 0.25) is 5.91 Å². The van der Waals surface area contributed by atoms with Crippen LogP contribution in [0.4, 0.5) is 4.79 Å². The molecule has 3 amide bonds. The predicted molar refractivity (Wildman–Crippen MR) is 54.1 cm³/mol. The van der Waals surface area contributed by atoms with Crippen molar-refractivity contribution in [2.45, 2.75) is 19.0 Å². The standard InChI is InChI=1S/C9H16N4O2/c1-6(10)8(14)12-2-3-13-7(5-12)4-11-9(13)15/h6-7H,2-5,10H2,1H3,(H,11,15)/t6-,7?/m0/s1. The normalized spacial score (nSPS) is 27.3. The number of hydrogen-bond donors (Lipinski definition) is 2. The lowest BCUT2D eigenvalue weighted by atomic mass is 10.1. The molecule has 0 aromatic heterocycles. The Hall–Kier alpha value is -1.30. The number of carbonyl (C=O) groups excluding carboxylic acids is 2. The molecule has 2 aliphatic heterocycles. The van der Waals surface area contributed by atoms with Crippen LogP contribution in [-0.4, -0.2) is 60.0 Å². The van der Waals surface area contributed by atoms with E-state index in [1.165, 1.54) is 0 Å². The lowest BCUT2D eigenvalue weighted by Gasteiger charge is -2.37. The summed E-state index contributed by atoms with van der Waals surface area (Å²) in [5, 5.41) is 2.77. The highest BCUT2D eigenvalue weighted by Gasteiger charge is 2.37. The Bertz CT molecular complexity index is 292. The molecule has 1 unspecified atom stereocenters. The minimum absolute atomic E-state index is 0.0205. The van der Waals surface area contributed by atoms with Crippen LogP contribution < -0.4 is 11.1 Å². The van der Waals surface area contributed by atoms with Crippen LogP contribution in [0.5, 0.6) is 0 Å². The van der Waals surface area contributed by atoms with E-state index in [9.17, 15) is 9.59 Å². The molecule has 6 heteroatoms. The average molecular weight is 212 g/mol. The maximum absolute atomic E-state index is 11.6. The van der Waals surface area contributed by atoms with Gasteiger partial charge in [0.25, 0.3) is 0 Å². The topological polar surface area (TPSA) is 78.7 Å². The molecule has 6 nitrogen and oxygen atoms in total. The van der Waals surface area contributed by atoms with E-state index >= 15 is 0 Å². The van der Waals surface area contributed by atoms with Crippen molar-refractivity contribution in [3.05, 3.63) is 0 Å². The summed E-state index contributed by atoms with van der Waals surface area (Å²) in [5.74, 6) is -0.0333. The molecule has 2 atom stereocenters. The second kappa shape index (κ2) is 3.69. The van der Waals surface area contributed by atoms with Gasteiger partial charge in [-0.25, -0.2) is 4.79 Å². The third-order valence-corrected chi connectivity index (χ3v) is 2.93. The Morgan fingerprint density at radius 3 is 3.00 bits per heavy atom. The van der Waals surface area contributed by atoms with Gasteiger partial charge in [-0.05, 0) is 6.92 Å². The van der Waals surface area contributed by atoms with Crippen molar-refractivity contribution in [2.24, 2.45) is 5.73 Å². The van der Waals surface area contributed by atoms with Crippen LogP contribution in [0.3, 0.4) is 0 Å². The molecule has 0 aromatic carbocycles. The Morgan fingerprint density at radius 1 is 1.60 bits per heavy atom. The van der Waals surface area contributed by atoms with E-state index in [1.807, 2.05) is 0 Å². The van der Waals surface area contributed by atoms with Crippen LogP contribution in [0.1, 0.15) is 6.92 Å². The van der Waals surface area contributed by atoms with Crippen LogP contribution >= 0.6 is 0 Å². The van der Waals surface area contributed by atoms with Gasteiger partial charge in [-0.2, -0.15) is 0 Å². The SMILES string of the molecule is C[C@H](N)C(=O)N1CCN2C(=O)NCC2C1. The smallest absolute Gasteiger partial charge is 0.317 e. The van der Waals surface area contributed by atoms with E-state index in [2.05, 4.69) is 5.32 Å². The molecule has 2 heterocycles. The van der Waals surface area contributed by atoms with Crippen molar-refractivity contribution in [2.75, 3.05) is 26.2 Å². The Kier molecular flexibility index (Phi) is 2.52. The van der Waals surface area contributed by atoms with Crippen molar-refractivity contribution in [3.63, 3.8) is 0 Å². The number of fused-ring (bicyclic) bond motifs is 1. The number of hydrogen-bond acceptors (Lipinski definition) is 3. The fourth-order valence-corrected chi connectivity index (χ4v) is 2.09. The first-order valence-corrected chi connectivity index (χ1v) is 5.18. The fraction of sp³-hybridized carbons (Fsp3) is 0.778. The van der Waals surface area contributed by atoms with Crippen LogP contribution in [0.15, 0.2) is 0 Å². The molecular formula is C9H16N4O2. The van der Waals surface area contributed by atoms with Gasteiger partial charge in [-0.3, -0.25) is 4.79 Å². The number of piperazine rings is 1. The summed E-state index contributed by atoms with van der Waals surface area (Å²) in [5.41, 5.74) is 5.54. The maximum Gasteiger partial charge on any atom is 0.317 e. The second-order valence-corrected chi connectivity index (χ2v) is 4.11. The third-order valence-electron chi connectivity index (χ3n) is 2.93. The highest BCUT2D eigenvalue weighted by atomic mass is 16.2. The fourth-order valence-electron chi connectivity index (χ4n) is 2.09. The Balaban J connectivity index is 1.99. The Morgan fingerprint density at radius 2 is 2.33 bits per heavy atom. The highest BCUT2D eigenvalue weighted by molar-refractivity contribution is 5.82. The molecule has 2 saturated heterocycles. The largest absolute Gasteiger partial charge is 0.337 e. The van der Waals surface area contributed by atoms with E-state index in [0.29, 0.717) is 26.2 Å². The molecule has 2 fully saturated rings. The van der Waals surface area contributed by atoms with E-state index in [4.69, 9.17) is 5.73 Å². The van der Waals surface area contributed by atoms with Gasteiger partial charge in [0, 0.05) is 26.2 Å². The molecule has 0 bridgehead atoms. The van der Waals surface area contributed by atoms with E-state index < -0.39 is 6.04 Å². The summed E-state index contributed by atoms with van der Waals surface area (Å²) in [6, 6.07) is -0.358. The Labute approximate surface area is 88.4 Å². The van der Waals surface area contributed by atoms with Gasteiger partial charge in [-0.15, -0.1) is 0 Å². The number of nitrogens with two attached hydrogens (primary N) is 1. The zero-order valence-corrected chi connectivity index (χ0v) is 8.77. The summed E-state index contributed by atoms with van der Waals surface area (Å²) in [6.45, 7) is 4.10.